The zero-order valence-corrected chi connectivity index (χ0v) is 18.3. The van der Waals surface area contributed by atoms with Gasteiger partial charge in [-0.05, 0) is 37.1 Å². The highest BCUT2D eigenvalue weighted by Crippen LogP contribution is 2.33. The van der Waals surface area contributed by atoms with Crippen molar-refractivity contribution < 1.29 is 27.8 Å². The Bertz CT molecular complexity index is 1180. The van der Waals surface area contributed by atoms with E-state index in [4.69, 9.17) is 9.47 Å². The highest BCUT2D eigenvalue weighted by atomic mass is 19.1. The lowest BCUT2D eigenvalue weighted by Gasteiger charge is -2.11. The van der Waals surface area contributed by atoms with Crippen LogP contribution in [0.2, 0.25) is 0 Å². The van der Waals surface area contributed by atoms with E-state index in [1.54, 1.807) is 16.8 Å². The molecule has 174 valence electrons. The van der Waals surface area contributed by atoms with Gasteiger partial charge in [-0.3, -0.25) is 4.79 Å². The second-order valence-electron chi connectivity index (χ2n) is 7.74. The smallest absolute Gasteiger partial charge is 0.356 e. The number of hydrogen-bond acceptors (Lipinski definition) is 6. The van der Waals surface area contributed by atoms with Crippen LogP contribution in [-0.2, 0) is 27.4 Å². The molecule has 0 spiro atoms. The molecule has 1 aliphatic rings. The number of amides is 1. The van der Waals surface area contributed by atoms with Gasteiger partial charge in [0.05, 0.1) is 37.2 Å². The Labute approximate surface area is 188 Å². The molecule has 1 aromatic carbocycles. The van der Waals surface area contributed by atoms with Crippen molar-refractivity contribution in [2.75, 3.05) is 31.0 Å². The van der Waals surface area contributed by atoms with Crippen molar-refractivity contribution in [3.8, 4) is 0 Å². The Hall–Kier alpha value is -3.53. The molecule has 10 heteroatoms. The Balaban J connectivity index is 1.71. The Morgan fingerprint density at radius 2 is 2.00 bits per heavy atom. The fourth-order valence-corrected chi connectivity index (χ4v) is 3.95. The molecule has 33 heavy (non-hydrogen) atoms. The summed E-state index contributed by atoms with van der Waals surface area (Å²) in [5.74, 6) is -2.49. The van der Waals surface area contributed by atoms with E-state index in [1.807, 2.05) is 6.92 Å². The van der Waals surface area contributed by atoms with Gasteiger partial charge >= 0.3 is 5.97 Å². The summed E-state index contributed by atoms with van der Waals surface area (Å²) in [6.45, 7) is 3.26. The van der Waals surface area contributed by atoms with Crippen LogP contribution in [0.15, 0.2) is 30.5 Å². The quantitative estimate of drug-likeness (QED) is 0.525. The van der Waals surface area contributed by atoms with Gasteiger partial charge in [0.15, 0.2) is 5.69 Å². The normalized spacial score (nSPS) is 15.6. The topological polar surface area (TPSA) is 94.5 Å². The van der Waals surface area contributed by atoms with Gasteiger partial charge in [-0.15, -0.1) is 0 Å². The van der Waals surface area contributed by atoms with E-state index >= 15 is 0 Å². The van der Waals surface area contributed by atoms with Gasteiger partial charge < -0.3 is 24.7 Å². The second kappa shape index (κ2) is 9.53. The molecule has 1 atom stereocenters. The van der Waals surface area contributed by atoms with Gasteiger partial charge in [0.2, 0.25) is 5.91 Å². The summed E-state index contributed by atoms with van der Waals surface area (Å²) in [5.41, 5.74) is 1.97. The highest BCUT2D eigenvalue weighted by molar-refractivity contribution is 6.11. The molecule has 4 rings (SSSR count). The van der Waals surface area contributed by atoms with Gasteiger partial charge in [0.25, 0.3) is 0 Å². The van der Waals surface area contributed by atoms with Crippen LogP contribution in [0, 0.1) is 17.6 Å². The molecule has 0 bridgehead atoms. The standard InChI is InChI=1S/C23H24F2N4O4/c1-3-29-20(23(31)32-2)19(28-22(30)14-4-5-33-12-14)18-9-17(11-27-21(18)29)26-10-13-6-15(24)8-16(25)7-13/h6-9,11,14,26H,3-5,10,12H2,1-2H3,(H,28,30)/t14-/m0/s1. The SMILES string of the molecule is CCn1c(C(=O)OC)c(NC(=O)[C@H]2CCOC2)c2cc(NCc3cc(F)cc(F)c3)cnc21. The first-order valence-corrected chi connectivity index (χ1v) is 10.6. The van der Waals surface area contributed by atoms with Gasteiger partial charge in [0, 0.05) is 31.1 Å². The average molecular weight is 458 g/mol. The molecule has 0 aliphatic carbocycles. The monoisotopic (exact) mass is 458 g/mol. The van der Waals surface area contributed by atoms with E-state index in [0.29, 0.717) is 54.2 Å². The fraction of sp³-hybridized carbons (Fsp3) is 0.348. The zero-order valence-electron chi connectivity index (χ0n) is 18.3. The highest BCUT2D eigenvalue weighted by Gasteiger charge is 2.29. The first-order chi connectivity index (χ1) is 15.9. The van der Waals surface area contributed by atoms with Crippen molar-refractivity contribution in [2.24, 2.45) is 5.92 Å². The molecule has 1 fully saturated rings. The second-order valence-corrected chi connectivity index (χ2v) is 7.74. The van der Waals surface area contributed by atoms with Crippen LogP contribution < -0.4 is 10.6 Å². The number of halogens is 2. The van der Waals surface area contributed by atoms with Crippen LogP contribution in [0.3, 0.4) is 0 Å². The van der Waals surface area contributed by atoms with Gasteiger partial charge in [0.1, 0.15) is 17.3 Å². The Kier molecular flexibility index (Phi) is 6.55. The van der Waals surface area contributed by atoms with E-state index < -0.39 is 17.6 Å². The summed E-state index contributed by atoms with van der Waals surface area (Å²) in [6, 6.07) is 5.02. The van der Waals surface area contributed by atoms with Gasteiger partial charge in [-0.2, -0.15) is 0 Å². The van der Waals surface area contributed by atoms with Crippen LogP contribution >= 0.6 is 0 Å². The number of aryl methyl sites for hydroxylation is 1. The van der Waals surface area contributed by atoms with Gasteiger partial charge in [-0.25, -0.2) is 18.6 Å². The van der Waals surface area contributed by atoms with E-state index in [-0.39, 0.29) is 24.1 Å². The number of hydrogen-bond donors (Lipinski definition) is 2. The predicted molar refractivity (Wildman–Crippen MR) is 118 cm³/mol. The molecule has 8 nitrogen and oxygen atoms in total. The number of carbonyl (C=O) groups excluding carboxylic acids is 2. The van der Waals surface area contributed by atoms with Crippen LogP contribution in [0.25, 0.3) is 11.0 Å². The predicted octanol–water partition coefficient (Wildman–Crippen LogP) is 3.71. The minimum atomic E-state index is -0.663. The molecule has 1 amide bonds. The Morgan fingerprint density at radius 1 is 1.24 bits per heavy atom. The number of pyridine rings is 1. The molecule has 3 aromatic rings. The first-order valence-electron chi connectivity index (χ1n) is 10.6. The lowest BCUT2D eigenvalue weighted by molar-refractivity contribution is -0.119. The van der Waals surface area contributed by atoms with Crippen LogP contribution in [0.5, 0.6) is 0 Å². The van der Waals surface area contributed by atoms with E-state index in [2.05, 4.69) is 15.6 Å². The largest absolute Gasteiger partial charge is 0.464 e. The number of rotatable bonds is 7. The van der Waals surface area contributed by atoms with E-state index in [1.165, 1.54) is 19.2 Å². The summed E-state index contributed by atoms with van der Waals surface area (Å²) >= 11 is 0. The maximum atomic E-state index is 13.5. The maximum Gasteiger partial charge on any atom is 0.356 e. The van der Waals surface area contributed by atoms with Crippen molar-refractivity contribution >= 4 is 34.3 Å². The summed E-state index contributed by atoms with van der Waals surface area (Å²) in [5, 5.41) is 6.49. The number of aromatic nitrogens is 2. The number of methoxy groups -OCH3 is 1. The molecule has 1 saturated heterocycles. The number of ether oxygens (including phenoxy) is 2. The first kappa shape index (κ1) is 22.7. The summed E-state index contributed by atoms with van der Waals surface area (Å²) in [7, 11) is 1.27. The fourth-order valence-electron chi connectivity index (χ4n) is 3.95. The number of carbonyl (C=O) groups is 2. The van der Waals surface area contributed by atoms with Crippen molar-refractivity contribution in [1.82, 2.24) is 9.55 Å². The van der Waals surface area contributed by atoms with Crippen LogP contribution in [0.4, 0.5) is 20.2 Å². The number of anilines is 2. The van der Waals surface area contributed by atoms with Gasteiger partial charge in [-0.1, -0.05) is 0 Å². The van der Waals surface area contributed by atoms with Crippen molar-refractivity contribution in [3.63, 3.8) is 0 Å². The molecule has 2 N–H and O–H groups in total. The molecule has 0 unspecified atom stereocenters. The van der Waals surface area contributed by atoms with Crippen molar-refractivity contribution in [2.45, 2.75) is 26.4 Å². The number of nitrogens with zero attached hydrogens (tertiary/aromatic N) is 2. The molecule has 2 aromatic heterocycles. The molecule has 3 heterocycles. The van der Waals surface area contributed by atoms with Crippen molar-refractivity contribution in [3.05, 3.63) is 53.4 Å². The van der Waals surface area contributed by atoms with E-state index in [0.717, 1.165) is 6.07 Å². The lowest BCUT2D eigenvalue weighted by Crippen LogP contribution is -2.24. The summed E-state index contributed by atoms with van der Waals surface area (Å²) in [6.07, 6.45) is 2.16. The molecule has 0 radical (unpaired) electrons. The van der Waals surface area contributed by atoms with Crippen LogP contribution in [0.1, 0.15) is 29.4 Å². The minimum Gasteiger partial charge on any atom is -0.464 e. The molecular weight excluding hydrogens is 434 g/mol. The lowest BCUT2D eigenvalue weighted by atomic mass is 10.1. The van der Waals surface area contributed by atoms with Crippen molar-refractivity contribution in [1.29, 1.82) is 0 Å². The minimum absolute atomic E-state index is 0.154. The average Bonchev–Trinajstić information content (AvgIpc) is 3.43. The third kappa shape index (κ3) is 4.65. The van der Waals surface area contributed by atoms with Crippen LogP contribution in [-0.4, -0.2) is 41.8 Å². The molecule has 1 aliphatic heterocycles. The number of fused-ring (bicyclic) bond motifs is 1. The molecular formula is C23H24F2N4O4. The number of benzene rings is 1. The number of nitrogens with one attached hydrogen (secondary N) is 2. The van der Waals surface area contributed by atoms with E-state index in [9.17, 15) is 18.4 Å². The summed E-state index contributed by atoms with van der Waals surface area (Å²) in [4.78, 5) is 29.9. The zero-order chi connectivity index (χ0) is 23.5. The summed E-state index contributed by atoms with van der Waals surface area (Å²) < 4.78 is 38.9. The Morgan fingerprint density at radius 3 is 2.64 bits per heavy atom. The third-order valence-corrected chi connectivity index (χ3v) is 5.56. The maximum absolute atomic E-state index is 13.5. The molecule has 0 saturated carbocycles. The number of esters is 1. The third-order valence-electron chi connectivity index (χ3n) is 5.56.